The van der Waals surface area contributed by atoms with E-state index in [1.807, 2.05) is 0 Å². The van der Waals surface area contributed by atoms with E-state index < -0.39 is 20.8 Å². The van der Waals surface area contributed by atoms with Crippen molar-refractivity contribution in [2.45, 2.75) is 30.6 Å². The Balaban J connectivity index is 0.000000583. The number of benzene rings is 2. The average molecular weight is 553 g/mol. The van der Waals surface area contributed by atoms with Crippen molar-refractivity contribution in [1.29, 1.82) is 0 Å². The van der Waals surface area contributed by atoms with Gasteiger partial charge in [-0.3, -0.25) is 0 Å². The SMILES string of the molecule is C1=CC2=C(CCC3c4ccccc4C4C=CC=CC43)c3ccccc3C2C=C1.[CH3-].[CH3-].[Cl][Zr+2][Cl]. The molecule has 0 heterocycles. The van der Waals surface area contributed by atoms with Gasteiger partial charge in [-0.1, -0.05) is 97.1 Å². The number of hydrogen-bond acceptors (Lipinski definition) is 0. The van der Waals surface area contributed by atoms with Gasteiger partial charge in [0.25, 0.3) is 0 Å². The number of halogens is 2. The maximum atomic E-state index is 4.93. The van der Waals surface area contributed by atoms with Crippen molar-refractivity contribution in [2.75, 3.05) is 0 Å². The summed E-state index contributed by atoms with van der Waals surface area (Å²) >= 11 is -0.826. The second-order valence-corrected chi connectivity index (χ2v) is 12.2. The van der Waals surface area contributed by atoms with E-state index in [4.69, 9.17) is 17.0 Å². The van der Waals surface area contributed by atoms with Gasteiger partial charge in [-0.05, 0) is 58.1 Å². The van der Waals surface area contributed by atoms with Crippen LogP contribution in [-0.2, 0) is 20.8 Å². The molecule has 0 fully saturated rings. The minimum atomic E-state index is -0.826. The summed E-state index contributed by atoms with van der Waals surface area (Å²) in [7, 11) is 9.87. The predicted octanol–water partition coefficient (Wildman–Crippen LogP) is 9.34. The third-order valence-electron chi connectivity index (χ3n) is 7.10. The van der Waals surface area contributed by atoms with Crippen LogP contribution in [0.2, 0.25) is 0 Å². The predicted molar refractivity (Wildman–Crippen MR) is 142 cm³/mol. The van der Waals surface area contributed by atoms with Crippen LogP contribution < -0.4 is 0 Å². The van der Waals surface area contributed by atoms with E-state index in [9.17, 15) is 0 Å². The van der Waals surface area contributed by atoms with E-state index in [-0.39, 0.29) is 14.9 Å². The van der Waals surface area contributed by atoms with Gasteiger partial charge in [0.1, 0.15) is 0 Å². The molecule has 4 atom stereocenters. The molecule has 2 aromatic carbocycles. The summed E-state index contributed by atoms with van der Waals surface area (Å²) in [5.74, 6) is 2.24. The molecule has 4 aliphatic carbocycles. The topological polar surface area (TPSA) is 0 Å². The summed E-state index contributed by atoms with van der Waals surface area (Å²) in [6, 6.07) is 18.1. The van der Waals surface area contributed by atoms with Gasteiger partial charge in [-0.25, -0.2) is 0 Å². The molecule has 0 amide bonds. The van der Waals surface area contributed by atoms with Crippen molar-refractivity contribution in [1.82, 2.24) is 0 Å². The van der Waals surface area contributed by atoms with Gasteiger partial charge in [0.05, 0.1) is 0 Å². The van der Waals surface area contributed by atoms with Crippen molar-refractivity contribution >= 4 is 22.6 Å². The van der Waals surface area contributed by atoms with Crippen LogP contribution in [0.15, 0.2) is 103 Å². The molecule has 33 heavy (non-hydrogen) atoms. The van der Waals surface area contributed by atoms with Crippen LogP contribution in [0.1, 0.15) is 52.8 Å². The van der Waals surface area contributed by atoms with E-state index in [1.165, 1.54) is 23.1 Å². The summed E-state index contributed by atoms with van der Waals surface area (Å²) in [6.07, 6.45) is 20.8. The fourth-order valence-corrected chi connectivity index (χ4v) is 5.91. The molecule has 2 aromatic rings. The zero-order valence-electron chi connectivity index (χ0n) is 19.2. The van der Waals surface area contributed by atoms with Crippen molar-refractivity contribution in [3.63, 3.8) is 0 Å². The second kappa shape index (κ2) is 11.8. The number of rotatable bonds is 3. The molecule has 4 unspecified atom stereocenters. The third kappa shape index (κ3) is 4.88. The van der Waals surface area contributed by atoms with Gasteiger partial charge in [0.2, 0.25) is 0 Å². The molecule has 0 bridgehead atoms. The van der Waals surface area contributed by atoms with Crippen LogP contribution in [0.3, 0.4) is 0 Å². The average Bonchev–Trinajstić information content (AvgIpc) is 3.31. The van der Waals surface area contributed by atoms with E-state index in [0.717, 1.165) is 6.42 Å². The Bertz CT molecular complexity index is 1120. The van der Waals surface area contributed by atoms with E-state index >= 15 is 0 Å². The molecule has 0 nitrogen and oxygen atoms in total. The van der Waals surface area contributed by atoms with Gasteiger partial charge >= 0.3 is 37.9 Å². The number of allylic oxidation sites excluding steroid dienone is 10. The molecule has 168 valence electrons. The van der Waals surface area contributed by atoms with Crippen LogP contribution in [0.4, 0.5) is 0 Å². The monoisotopic (exact) mass is 550 g/mol. The molecule has 6 rings (SSSR count). The minimum absolute atomic E-state index is 0. The van der Waals surface area contributed by atoms with E-state index in [0.29, 0.717) is 23.7 Å². The summed E-state index contributed by atoms with van der Waals surface area (Å²) in [4.78, 5) is 0. The Morgan fingerprint density at radius 1 is 0.727 bits per heavy atom. The van der Waals surface area contributed by atoms with Crippen molar-refractivity contribution in [3.8, 4) is 0 Å². The van der Waals surface area contributed by atoms with Crippen molar-refractivity contribution < 1.29 is 20.8 Å². The molecule has 0 N–H and O–H groups in total. The summed E-state index contributed by atoms with van der Waals surface area (Å²) < 4.78 is 0. The van der Waals surface area contributed by atoms with Crippen LogP contribution in [0.5, 0.6) is 0 Å². The van der Waals surface area contributed by atoms with Gasteiger partial charge in [-0.15, -0.1) is 0 Å². The Kier molecular flexibility index (Phi) is 9.40. The summed E-state index contributed by atoms with van der Waals surface area (Å²) in [5, 5.41) is 0. The first-order chi connectivity index (χ1) is 15.3. The summed E-state index contributed by atoms with van der Waals surface area (Å²) in [5.41, 5.74) is 9.16. The van der Waals surface area contributed by atoms with Crippen LogP contribution in [0, 0.1) is 20.8 Å². The van der Waals surface area contributed by atoms with Gasteiger partial charge in [0, 0.05) is 11.8 Å². The Morgan fingerprint density at radius 2 is 1.36 bits per heavy atom. The Hall–Kier alpha value is -1.40. The van der Waals surface area contributed by atoms with Crippen LogP contribution in [-0.4, -0.2) is 0 Å². The first-order valence-corrected chi connectivity index (χ1v) is 17.2. The molecule has 3 heteroatoms. The molecular formula is C30H30Cl2Zr. The number of hydrogen-bond donors (Lipinski definition) is 0. The molecule has 0 saturated carbocycles. The van der Waals surface area contributed by atoms with Crippen molar-refractivity contribution in [3.05, 3.63) is 140 Å². The first-order valence-electron chi connectivity index (χ1n) is 10.9. The van der Waals surface area contributed by atoms with Gasteiger partial charge in [-0.2, -0.15) is 0 Å². The van der Waals surface area contributed by atoms with Crippen LogP contribution >= 0.6 is 17.0 Å². The third-order valence-corrected chi connectivity index (χ3v) is 7.10. The molecule has 0 saturated heterocycles. The van der Waals surface area contributed by atoms with Crippen molar-refractivity contribution in [2.24, 2.45) is 5.92 Å². The fraction of sp³-hybridized carbons (Fsp3) is 0.200. The Morgan fingerprint density at radius 3 is 2.15 bits per heavy atom. The quantitative estimate of drug-likeness (QED) is 0.333. The first kappa shape index (κ1) is 26.2. The molecule has 4 aliphatic rings. The van der Waals surface area contributed by atoms with E-state index in [2.05, 4.69) is 97.1 Å². The second-order valence-electron chi connectivity index (χ2n) is 8.46. The standard InChI is InChI=1S/C28H24.2CH3.2ClH.Zr/c1-5-13-23-19(9-1)20-10-2-6-14-24(20)27(23)17-18-28-25-15-7-3-11-21(25)22-12-4-8-16-26(22)28;;;;;/h1-16,19,21,23,27H,17-18H2;2*1H3;2*1H;/q;2*-1;;;+4/p-2. The molecule has 0 radical (unpaired) electrons. The molecular weight excluding hydrogens is 522 g/mol. The molecule has 0 aliphatic heterocycles. The fourth-order valence-electron chi connectivity index (χ4n) is 5.91. The molecule has 0 aromatic heterocycles. The maximum absolute atomic E-state index is 4.93. The number of fused-ring (bicyclic) bond motifs is 6. The van der Waals surface area contributed by atoms with Gasteiger partial charge in [0.15, 0.2) is 0 Å². The van der Waals surface area contributed by atoms with E-state index in [1.54, 1.807) is 16.7 Å². The molecule has 0 spiro atoms. The zero-order chi connectivity index (χ0) is 21.2. The Labute approximate surface area is 218 Å². The normalized spacial score (nSPS) is 24.3. The zero-order valence-corrected chi connectivity index (χ0v) is 23.2. The van der Waals surface area contributed by atoms with Crippen LogP contribution in [0.25, 0.3) is 5.57 Å². The van der Waals surface area contributed by atoms with Gasteiger partial charge < -0.3 is 14.9 Å². The summed E-state index contributed by atoms with van der Waals surface area (Å²) in [6.45, 7) is 0.